The summed E-state index contributed by atoms with van der Waals surface area (Å²) >= 11 is 0. The maximum absolute atomic E-state index is 14.5. The minimum absolute atomic E-state index is 0.0281. The predicted molar refractivity (Wildman–Crippen MR) is 224 cm³/mol. The van der Waals surface area contributed by atoms with Crippen molar-refractivity contribution in [1.82, 2.24) is 25.8 Å². The number of urea groups is 1. The van der Waals surface area contributed by atoms with E-state index in [1.807, 2.05) is 97.1 Å². The Morgan fingerprint density at radius 3 is 2.43 bits per heavy atom. The monoisotopic (exact) mass is 809 g/mol. The molecular formula is C47H47N5O8. The molecular weight excluding hydrogens is 763 g/mol. The number of rotatable bonds is 14. The predicted octanol–water partition coefficient (Wildman–Crippen LogP) is 5.36. The molecule has 1 saturated heterocycles. The number of likely N-dealkylation sites (tertiary alicyclic amines) is 1. The topological polar surface area (TPSA) is 179 Å². The van der Waals surface area contributed by atoms with Crippen molar-refractivity contribution in [2.45, 2.75) is 68.0 Å². The molecule has 4 aromatic carbocycles. The Morgan fingerprint density at radius 2 is 1.72 bits per heavy atom. The van der Waals surface area contributed by atoms with Gasteiger partial charge >= 0.3 is 12.0 Å². The van der Waals surface area contributed by atoms with Crippen LogP contribution < -0.4 is 25.4 Å². The van der Waals surface area contributed by atoms with Crippen molar-refractivity contribution in [1.29, 1.82) is 0 Å². The summed E-state index contributed by atoms with van der Waals surface area (Å²) in [5.74, 6) is -1.74. The number of pyridine rings is 1. The van der Waals surface area contributed by atoms with Crippen LogP contribution in [-0.4, -0.2) is 87.4 Å². The molecule has 8 rings (SSSR count). The molecule has 7 atom stereocenters. The van der Waals surface area contributed by atoms with E-state index in [0.29, 0.717) is 40.9 Å². The molecule has 2 fully saturated rings. The molecule has 1 aromatic heterocycles. The molecule has 0 unspecified atom stereocenters. The van der Waals surface area contributed by atoms with Crippen LogP contribution in [0.25, 0.3) is 22.2 Å². The molecule has 3 aliphatic rings. The molecule has 60 heavy (non-hydrogen) atoms. The second-order valence-electron chi connectivity index (χ2n) is 15.7. The molecule has 0 radical (unpaired) electrons. The van der Waals surface area contributed by atoms with Crippen LogP contribution in [0, 0.1) is 5.92 Å². The molecule has 5 aromatic rings. The van der Waals surface area contributed by atoms with Crippen molar-refractivity contribution in [3.8, 4) is 22.8 Å². The number of benzene rings is 4. The lowest BCUT2D eigenvalue weighted by Crippen LogP contribution is -2.57. The molecule has 13 nitrogen and oxygen atoms in total. The van der Waals surface area contributed by atoms with E-state index in [1.165, 1.54) is 11.0 Å². The van der Waals surface area contributed by atoms with Gasteiger partial charge in [-0.3, -0.25) is 9.59 Å². The molecule has 4 amide bonds. The Labute approximate surface area is 347 Å². The maximum atomic E-state index is 14.5. The van der Waals surface area contributed by atoms with Gasteiger partial charge in [0.05, 0.1) is 37.0 Å². The highest BCUT2D eigenvalue weighted by Gasteiger charge is 2.61. The number of fused-ring (bicyclic) bond motifs is 2. The first kappa shape index (κ1) is 40.1. The fraction of sp³-hybridized carbons (Fsp3) is 0.298. The zero-order valence-corrected chi connectivity index (χ0v) is 33.1. The van der Waals surface area contributed by atoms with Gasteiger partial charge in [0.1, 0.15) is 35.2 Å². The van der Waals surface area contributed by atoms with Crippen LogP contribution in [0.15, 0.2) is 122 Å². The van der Waals surface area contributed by atoms with Gasteiger partial charge in [0.2, 0.25) is 11.8 Å². The van der Waals surface area contributed by atoms with Gasteiger partial charge in [0.25, 0.3) is 0 Å². The number of carboxylic acids is 1. The van der Waals surface area contributed by atoms with Gasteiger partial charge in [-0.25, -0.2) is 14.6 Å². The maximum Gasteiger partial charge on any atom is 0.330 e. The van der Waals surface area contributed by atoms with Gasteiger partial charge in [0.15, 0.2) is 0 Å². The van der Waals surface area contributed by atoms with E-state index in [-0.39, 0.29) is 25.8 Å². The molecule has 1 saturated carbocycles. The van der Waals surface area contributed by atoms with Crippen molar-refractivity contribution >= 4 is 34.7 Å². The number of hydrogen-bond acceptors (Lipinski definition) is 8. The van der Waals surface area contributed by atoms with E-state index in [0.717, 1.165) is 22.3 Å². The third-order valence-corrected chi connectivity index (χ3v) is 11.9. The first-order chi connectivity index (χ1) is 29.1. The van der Waals surface area contributed by atoms with Gasteiger partial charge in [-0.05, 0) is 48.1 Å². The number of methoxy groups -OCH3 is 1. The lowest BCUT2D eigenvalue weighted by Gasteiger charge is -2.29. The number of aryl methyl sites for hydroxylation is 1. The summed E-state index contributed by atoms with van der Waals surface area (Å²) in [6.45, 7) is 3.68. The van der Waals surface area contributed by atoms with Gasteiger partial charge in [-0.2, -0.15) is 0 Å². The summed E-state index contributed by atoms with van der Waals surface area (Å²) in [5, 5.41) is 30.4. The van der Waals surface area contributed by atoms with E-state index >= 15 is 0 Å². The van der Waals surface area contributed by atoms with Crippen LogP contribution in [0.2, 0.25) is 0 Å². The fourth-order valence-corrected chi connectivity index (χ4v) is 8.47. The normalized spacial score (nSPS) is 23.2. The number of aliphatic hydroxyl groups is 1. The van der Waals surface area contributed by atoms with Crippen LogP contribution in [0.4, 0.5) is 4.79 Å². The zero-order chi connectivity index (χ0) is 42.0. The number of carboxylic acid groups (broad SMARTS) is 1. The van der Waals surface area contributed by atoms with Crippen molar-refractivity contribution < 1.29 is 38.9 Å². The number of carbonyl (C=O) groups is 4. The summed E-state index contributed by atoms with van der Waals surface area (Å²) in [4.78, 5) is 61.5. The number of nitrogens with zero attached hydrogens (tertiary/aromatic N) is 2. The third kappa shape index (κ3) is 8.13. The molecule has 0 bridgehead atoms. The highest BCUT2D eigenvalue weighted by Crippen LogP contribution is 2.45. The summed E-state index contributed by atoms with van der Waals surface area (Å²) < 4.78 is 12.2. The minimum Gasteiger partial charge on any atom is -0.497 e. The van der Waals surface area contributed by atoms with Crippen LogP contribution in [0.3, 0.4) is 0 Å². The summed E-state index contributed by atoms with van der Waals surface area (Å²) in [5.41, 5.74) is 3.27. The summed E-state index contributed by atoms with van der Waals surface area (Å²) in [7, 11) is 1.57. The Morgan fingerprint density at radius 1 is 0.983 bits per heavy atom. The van der Waals surface area contributed by atoms with Crippen LogP contribution in [0.1, 0.15) is 42.0 Å². The average Bonchev–Trinajstić information content (AvgIpc) is 3.68. The van der Waals surface area contributed by atoms with Crippen molar-refractivity contribution in [2.24, 2.45) is 5.92 Å². The first-order valence-electron chi connectivity index (χ1n) is 20.1. The van der Waals surface area contributed by atoms with Gasteiger partial charge in [0, 0.05) is 41.8 Å². The quantitative estimate of drug-likeness (QED) is 0.0924. The van der Waals surface area contributed by atoms with E-state index in [2.05, 4.69) is 22.5 Å². The van der Waals surface area contributed by atoms with Crippen LogP contribution >= 0.6 is 0 Å². The van der Waals surface area contributed by atoms with Crippen molar-refractivity contribution in [3.63, 3.8) is 0 Å². The van der Waals surface area contributed by atoms with Gasteiger partial charge in [-0.15, -0.1) is 6.58 Å². The highest BCUT2D eigenvalue weighted by atomic mass is 16.5. The van der Waals surface area contributed by atoms with Crippen LogP contribution in [0.5, 0.6) is 11.5 Å². The Balaban J connectivity index is 1.09. The van der Waals surface area contributed by atoms with Gasteiger partial charge in [-0.1, -0.05) is 91.0 Å². The lowest BCUT2D eigenvalue weighted by molar-refractivity contribution is -0.144. The molecule has 0 spiro atoms. The first-order valence-corrected chi connectivity index (χ1v) is 20.1. The number of nitrogens with one attached hydrogen (secondary N) is 3. The van der Waals surface area contributed by atoms with E-state index in [1.54, 1.807) is 19.2 Å². The number of ether oxygens (including phenoxy) is 2. The summed E-state index contributed by atoms with van der Waals surface area (Å²) in [6, 6.07) is 30.3. The Bertz CT molecular complexity index is 2430. The molecule has 308 valence electrons. The average molecular weight is 810 g/mol. The second kappa shape index (κ2) is 16.9. The Hall–Kier alpha value is -6.73. The largest absolute Gasteiger partial charge is 0.497 e. The van der Waals surface area contributed by atoms with E-state index in [9.17, 15) is 29.4 Å². The van der Waals surface area contributed by atoms with E-state index < -0.39 is 65.6 Å². The smallest absolute Gasteiger partial charge is 0.330 e. The fourth-order valence-electron chi connectivity index (χ4n) is 8.47. The standard InChI is InChI=1S/C47H47N5O8/c1-3-31-26-47(31,45(56)57)51-44(55)39-24-33(60-41-25-37(29-14-8-5-9-15-29)48-38-23-32(59-2)19-20-35(38)41)27-52(39)46(58)49-36(21-18-28-12-6-4-7-13-28)43(54)50-42-34-17-11-10-16-30(34)22-40(42)53/h3-17,19-20,23,25,31,33,36,39-40,42,53H,1,18,21-22,24,26-27H2,2H3,(H,49,58)(H,50,54)(H,51,55)(H,56,57)/t31-,33-,36+,39+,40-,42+,47+/m1/s1. The molecule has 2 aliphatic carbocycles. The third-order valence-electron chi connectivity index (χ3n) is 11.9. The number of amides is 4. The number of hydrogen-bond donors (Lipinski definition) is 5. The Kier molecular flexibility index (Phi) is 11.3. The molecule has 2 heterocycles. The van der Waals surface area contributed by atoms with Crippen molar-refractivity contribution in [3.05, 3.63) is 139 Å². The molecule has 5 N–H and O–H groups in total. The summed E-state index contributed by atoms with van der Waals surface area (Å²) in [6.07, 6.45) is 1.18. The van der Waals surface area contributed by atoms with Crippen molar-refractivity contribution in [2.75, 3.05) is 13.7 Å². The van der Waals surface area contributed by atoms with E-state index in [4.69, 9.17) is 14.5 Å². The second-order valence-corrected chi connectivity index (χ2v) is 15.7. The number of aromatic nitrogens is 1. The van der Waals surface area contributed by atoms with Crippen LogP contribution in [-0.2, 0) is 27.2 Å². The SMILES string of the molecule is C=C[C@@H]1C[C@@]1(NC(=O)[C@@H]1C[C@@H](Oc2cc(-c3ccccc3)nc3cc(OC)ccc23)CN1C(=O)N[C@@H](CCc1ccccc1)C(=O)N[C@H]1c2ccccc2C[C@H]1O)C(=O)O. The number of carbonyl (C=O) groups excluding carboxylic acids is 3. The zero-order valence-electron chi connectivity index (χ0n) is 33.1. The highest BCUT2D eigenvalue weighted by molar-refractivity contribution is 5.95. The van der Waals surface area contributed by atoms with Gasteiger partial charge < -0.3 is 40.5 Å². The molecule has 13 heteroatoms. The minimum atomic E-state index is -1.54. The number of aliphatic hydroxyl groups excluding tert-OH is 1. The molecule has 1 aliphatic heterocycles. The number of aliphatic carboxylic acids is 1. The lowest BCUT2D eigenvalue weighted by atomic mass is 10.0.